The molecule has 0 radical (unpaired) electrons. The number of rotatable bonds is 2. The minimum absolute atomic E-state index is 0.247. The molecule has 1 N–H and O–H groups in total. The molecule has 0 spiro atoms. The van der Waals surface area contributed by atoms with E-state index in [1.807, 2.05) is 19.1 Å². The molecule has 0 amide bonds. The fourth-order valence-electron chi connectivity index (χ4n) is 2.12. The first-order valence-electron chi connectivity index (χ1n) is 5.72. The number of sulfone groups is 1. The maximum atomic E-state index is 12.5. The average molecular weight is 318 g/mol. The van der Waals surface area contributed by atoms with E-state index >= 15 is 0 Å². The van der Waals surface area contributed by atoms with Crippen molar-refractivity contribution in [1.82, 2.24) is 5.32 Å². The van der Waals surface area contributed by atoms with Crippen LogP contribution in [0.4, 0.5) is 0 Å². The molecule has 1 aromatic rings. The van der Waals surface area contributed by atoms with Gasteiger partial charge in [-0.2, -0.15) is 0 Å². The molecule has 1 aromatic carbocycles. The standard InChI is InChI=1S/C12H16BrNO2S/c1-9-2-3-12(11(13)8-9)17(15,16)10-4-6-14-7-5-10/h2-3,8,10,14H,4-7H2,1H3. The number of hydrogen-bond donors (Lipinski definition) is 1. The minimum Gasteiger partial charge on any atom is -0.317 e. The van der Waals surface area contributed by atoms with Crippen molar-refractivity contribution < 1.29 is 8.42 Å². The summed E-state index contributed by atoms with van der Waals surface area (Å²) in [6.45, 7) is 3.52. The second kappa shape index (κ2) is 5.08. The molecule has 0 bridgehead atoms. The first kappa shape index (κ1) is 13.1. The van der Waals surface area contributed by atoms with Crippen LogP contribution in [-0.4, -0.2) is 26.8 Å². The van der Waals surface area contributed by atoms with E-state index in [9.17, 15) is 8.42 Å². The summed E-state index contributed by atoms with van der Waals surface area (Å²) in [5, 5.41) is 2.94. The van der Waals surface area contributed by atoms with Crippen LogP contribution >= 0.6 is 15.9 Å². The number of hydrogen-bond acceptors (Lipinski definition) is 3. The van der Waals surface area contributed by atoms with Crippen molar-refractivity contribution >= 4 is 25.8 Å². The Bertz CT molecular complexity index is 507. The van der Waals surface area contributed by atoms with Gasteiger partial charge >= 0.3 is 0 Å². The van der Waals surface area contributed by atoms with E-state index in [2.05, 4.69) is 21.2 Å². The summed E-state index contributed by atoms with van der Waals surface area (Å²) in [7, 11) is -3.20. The van der Waals surface area contributed by atoms with Crippen LogP contribution in [0, 0.1) is 6.92 Å². The highest BCUT2D eigenvalue weighted by Crippen LogP contribution is 2.29. The first-order valence-corrected chi connectivity index (χ1v) is 8.06. The zero-order valence-electron chi connectivity index (χ0n) is 9.74. The van der Waals surface area contributed by atoms with Crippen molar-refractivity contribution in [3.05, 3.63) is 28.2 Å². The summed E-state index contributed by atoms with van der Waals surface area (Å²) in [4.78, 5) is 0.426. The third kappa shape index (κ3) is 2.72. The van der Waals surface area contributed by atoms with E-state index in [0.717, 1.165) is 18.7 Å². The predicted molar refractivity (Wildman–Crippen MR) is 72.0 cm³/mol. The smallest absolute Gasteiger partial charge is 0.182 e. The van der Waals surface area contributed by atoms with Gasteiger partial charge in [-0.1, -0.05) is 6.07 Å². The van der Waals surface area contributed by atoms with Gasteiger partial charge in [0.05, 0.1) is 10.1 Å². The SMILES string of the molecule is Cc1ccc(S(=O)(=O)C2CCNCC2)c(Br)c1. The molecule has 5 heteroatoms. The fourth-order valence-corrected chi connectivity index (χ4v) is 5.10. The minimum atomic E-state index is -3.20. The van der Waals surface area contributed by atoms with Gasteiger partial charge in [-0.3, -0.25) is 0 Å². The zero-order chi connectivity index (χ0) is 12.5. The molecule has 1 heterocycles. The summed E-state index contributed by atoms with van der Waals surface area (Å²) >= 11 is 3.35. The van der Waals surface area contributed by atoms with Crippen LogP contribution in [0.3, 0.4) is 0 Å². The molecule has 1 aliphatic rings. The normalized spacial score (nSPS) is 18.2. The van der Waals surface area contributed by atoms with Crippen LogP contribution in [0.1, 0.15) is 18.4 Å². The van der Waals surface area contributed by atoms with E-state index in [4.69, 9.17) is 0 Å². The summed E-state index contributed by atoms with van der Waals surface area (Å²) in [6.07, 6.45) is 1.39. The second-order valence-electron chi connectivity index (χ2n) is 4.43. The molecular weight excluding hydrogens is 302 g/mol. The van der Waals surface area contributed by atoms with Gasteiger partial charge in [-0.25, -0.2) is 8.42 Å². The molecule has 0 aromatic heterocycles. The molecule has 17 heavy (non-hydrogen) atoms. The quantitative estimate of drug-likeness (QED) is 0.910. The van der Waals surface area contributed by atoms with Crippen LogP contribution in [0.15, 0.2) is 27.6 Å². The highest BCUT2D eigenvalue weighted by atomic mass is 79.9. The largest absolute Gasteiger partial charge is 0.317 e. The van der Waals surface area contributed by atoms with Gasteiger partial charge in [-0.05, 0) is 66.5 Å². The van der Waals surface area contributed by atoms with Gasteiger partial charge in [-0.15, -0.1) is 0 Å². The van der Waals surface area contributed by atoms with E-state index in [1.54, 1.807) is 6.07 Å². The monoisotopic (exact) mass is 317 g/mol. The van der Waals surface area contributed by atoms with Crippen LogP contribution in [0.2, 0.25) is 0 Å². The van der Waals surface area contributed by atoms with Crippen molar-refractivity contribution in [2.45, 2.75) is 29.9 Å². The molecular formula is C12H16BrNO2S. The maximum absolute atomic E-state index is 12.5. The summed E-state index contributed by atoms with van der Waals surface area (Å²) < 4.78 is 25.6. The Morgan fingerprint density at radius 2 is 1.94 bits per heavy atom. The number of aryl methyl sites for hydroxylation is 1. The Hall–Kier alpha value is -0.390. The lowest BCUT2D eigenvalue weighted by Gasteiger charge is -2.23. The molecule has 3 nitrogen and oxygen atoms in total. The van der Waals surface area contributed by atoms with Gasteiger partial charge in [0.25, 0.3) is 0 Å². The van der Waals surface area contributed by atoms with Gasteiger partial charge in [0, 0.05) is 4.47 Å². The van der Waals surface area contributed by atoms with E-state index in [0.29, 0.717) is 22.2 Å². The number of nitrogens with one attached hydrogen (secondary N) is 1. The van der Waals surface area contributed by atoms with Gasteiger partial charge in [0.1, 0.15) is 0 Å². The summed E-state index contributed by atoms with van der Waals surface area (Å²) in [6, 6.07) is 5.41. The Labute approximate surface area is 111 Å². The van der Waals surface area contributed by atoms with Crippen molar-refractivity contribution in [3.8, 4) is 0 Å². The lowest BCUT2D eigenvalue weighted by atomic mass is 10.2. The van der Waals surface area contributed by atoms with Gasteiger partial charge < -0.3 is 5.32 Å². The van der Waals surface area contributed by atoms with Crippen molar-refractivity contribution in [1.29, 1.82) is 0 Å². The molecule has 2 rings (SSSR count). The lowest BCUT2D eigenvalue weighted by Crippen LogP contribution is -2.35. The van der Waals surface area contributed by atoms with Crippen molar-refractivity contribution in [3.63, 3.8) is 0 Å². The predicted octanol–water partition coefficient (Wildman–Crippen LogP) is 2.28. The third-order valence-corrected chi connectivity index (χ3v) is 6.36. The highest BCUT2D eigenvalue weighted by molar-refractivity contribution is 9.10. The topological polar surface area (TPSA) is 46.2 Å². The molecule has 94 valence electrons. The average Bonchev–Trinajstić information content (AvgIpc) is 2.29. The lowest BCUT2D eigenvalue weighted by molar-refractivity contribution is 0.496. The molecule has 0 saturated carbocycles. The number of halogens is 1. The van der Waals surface area contributed by atoms with Crippen molar-refractivity contribution in [2.24, 2.45) is 0 Å². The van der Waals surface area contributed by atoms with E-state index in [-0.39, 0.29) is 5.25 Å². The third-order valence-electron chi connectivity index (χ3n) is 3.12. The first-order chi connectivity index (χ1) is 8.01. The van der Waals surface area contributed by atoms with Crippen LogP contribution in [0.25, 0.3) is 0 Å². The molecule has 1 fully saturated rings. The molecule has 1 aliphatic heterocycles. The second-order valence-corrected chi connectivity index (χ2v) is 7.48. The highest BCUT2D eigenvalue weighted by Gasteiger charge is 2.30. The van der Waals surface area contributed by atoms with Gasteiger partial charge in [0.15, 0.2) is 9.84 Å². The number of benzene rings is 1. The van der Waals surface area contributed by atoms with Crippen LogP contribution in [0.5, 0.6) is 0 Å². The fraction of sp³-hybridized carbons (Fsp3) is 0.500. The Morgan fingerprint density at radius 3 is 2.53 bits per heavy atom. The van der Waals surface area contributed by atoms with Crippen LogP contribution < -0.4 is 5.32 Å². The van der Waals surface area contributed by atoms with Gasteiger partial charge in [0.2, 0.25) is 0 Å². The summed E-state index contributed by atoms with van der Waals surface area (Å²) in [5.74, 6) is 0. The Morgan fingerprint density at radius 1 is 1.29 bits per heavy atom. The Kier molecular flexibility index (Phi) is 3.90. The van der Waals surface area contributed by atoms with E-state index < -0.39 is 9.84 Å². The molecule has 0 unspecified atom stereocenters. The zero-order valence-corrected chi connectivity index (χ0v) is 12.1. The Balaban J connectivity index is 2.37. The molecule has 0 atom stereocenters. The van der Waals surface area contributed by atoms with E-state index in [1.165, 1.54) is 0 Å². The van der Waals surface area contributed by atoms with Crippen molar-refractivity contribution in [2.75, 3.05) is 13.1 Å². The van der Waals surface area contributed by atoms with Crippen LogP contribution in [-0.2, 0) is 9.84 Å². The number of piperidine rings is 1. The summed E-state index contributed by atoms with van der Waals surface area (Å²) in [5.41, 5.74) is 1.06. The molecule has 1 saturated heterocycles. The molecule has 0 aliphatic carbocycles. The maximum Gasteiger partial charge on any atom is 0.182 e.